The number of aliphatic imine (C=N–C) groups is 1. The fourth-order valence-corrected chi connectivity index (χ4v) is 4.49. The van der Waals surface area contributed by atoms with Crippen LogP contribution < -0.4 is 5.32 Å². The van der Waals surface area contributed by atoms with E-state index < -0.39 is 5.54 Å². The van der Waals surface area contributed by atoms with Gasteiger partial charge in [-0.3, -0.25) is 9.79 Å². The standard InChI is InChI=1S/C19H18BrFN2OS/c1-12-11-19(2,14-8-9-16(21)15(20)10-14)23-18(25-12)22-17(24)13-6-4-3-5-7-13/h3-10,12H,11H2,1-2H3,(H,22,23,24)/t12-,19+/m1/s1. The van der Waals surface area contributed by atoms with Crippen molar-refractivity contribution in [2.75, 3.05) is 0 Å². The summed E-state index contributed by atoms with van der Waals surface area (Å²) in [6.45, 7) is 4.11. The molecule has 3 rings (SSSR count). The Bertz CT molecular complexity index is 827. The number of carbonyl (C=O) groups excluding carboxylic acids is 1. The highest BCUT2D eigenvalue weighted by Crippen LogP contribution is 2.40. The number of nitrogens with one attached hydrogen (secondary N) is 1. The van der Waals surface area contributed by atoms with E-state index in [1.165, 1.54) is 6.07 Å². The van der Waals surface area contributed by atoms with Gasteiger partial charge in [-0.15, -0.1) is 0 Å². The summed E-state index contributed by atoms with van der Waals surface area (Å²) in [7, 11) is 0. The first-order valence-electron chi connectivity index (χ1n) is 7.96. The van der Waals surface area contributed by atoms with E-state index in [0.717, 1.165) is 12.0 Å². The van der Waals surface area contributed by atoms with Crippen LogP contribution in [0.1, 0.15) is 36.2 Å². The van der Waals surface area contributed by atoms with Crippen LogP contribution in [0.4, 0.5) is 4.39 Å². The average Bonchev–Trinajstić information content (AvgIpc) is 2.57. The largest absolute Gasteiger partial charge is 0.301 e. The maximum absolute atomic E-state index is 13.6. The molecule has 130 valence electrons. The molecule has 0 saturated heterocycles. The van der Waals surface area contributed by atoms with E-state index in [-0.39, 0.29) is 17.0 Å². The molecule has 3 nitrogen and oxygen atoms in total. The molecule has 6 heteroatoms. The lowest BCUT2D eigenvalue weighted by molar-refractivity contribution is 0.0977. The third kappa shape index (κ3) is 4.12. The fourth-order valence-electron chi connectivity index (χ4n) is 2.92. The van der Waals surface area contributed by atoms with Crippen LogP contribution in [0.15, 0.2) is 58.0 Å². The summed E-state index contributed by atoms with van der Waals surface area (Å²) in [5.41, 5.74) is 0.995. The zero-order valence-electron chi connectivity index (χ0n) is 13.9. The zero-order chi connectivity index (χ0) is 18.0. The van der Waals surface area contributed by atoms with Crippen LogP contribution in [0, 0.1) is 5.82 Å². The van der Waals surface area contributed by atoms with E-state index >= 15 is 0 Å². The number of rotatable bonds is 2. The van der Waals surface area contributed by atoms with Gasteiger partial charge in [0.25, 0.3) is 5.91 Å². The van der Waals surface area contributed by atoms with Gasteiger partial charge in [-0.1, -0.05) is 43.0 Å². The van der Waals surface area contributed by atoms with Gasteiger partial charge in [0.1, 0.15) is 5.82 Å². The van der Waals surface area contributed by atoms with Crippen LogP contribution in [0.5, 0.6) is 0 Å². The molecule has 1 amide bonds. The van der Waals surface area contributed by atoms with E-state index in [9.17, 15) is 9.18 Å². The minimum Gasteiger partial charge on any atom is -0.301 e. The highest BCUT2D eigenvalue weighted by atomic mass is 79.9. The Kier molecular flexibility index (Phi) is 5.29. The van der Waals surface area contributed by atoms with Crippen molar-refractivity contribution >= 4 is 38.8 Å². The maximum Gasteiger partial charge on any atom is 0.257 e. The second-order valence-corrected chi connectivity index (χ2v) is 8.55. The Morgan fingerprint density at radius 3 is 2.72 bits per heavy atom. The Hall–Kier alpha value is -1.66. The number of nitrogens with zero attached hydrogens (tertiary/aromatic N) is 1. The molecule has 1 aliphatic rings. The molecule has 1 N–H and O–H groups in total. The lowest BCUT2D eigenvalue weighted by Crippen LogP contribution is -2.37. The number of amidine groups is 1. The van der Waals surface area contributed by atoms with Crippen molar-refractivity contribution in [3.8, 4) is 0 Å². The summed E-state index contributed by atoms with van der Waals surface area (Å²) >= 11 is 4.79. The van der Waals surface area contributed by atoms with Crippen molar-refractivity contribution in [1.82, 2.24) is 5.32 Å². The van der Waals surface area contributed by atoms with E-state index in [4.69, 9.17) is 4.99 Å². The summed E-state index contributed by atoms with van der Waals surface area (Å²) < 4.78 is 14.0. The molecule has 0 aromatic heterocycles. The zero-order valence-corrected chi connectivity index (χ0v) is 16.3. The third-order valence-electron chi connectivity index (χ3n) is 4.14. The minimum atomic E-state index is -0.514. The van der Waals surface area contributed by atoms with Crippen LogP contribution in [0.3, 0.4) is 0 Å². The highest BCUT2D eigenvalue weighted by molar-refractivity contribution is 9.10. The second-order valence-electron chi connectivity index (χ2n) is 6.27. The van der Waals surface area contributed by atoms with Crippen molar-refractivity contribution in [1.29, 1.82) is 0 Å². The summed E-state index contributed by atoms with van der Waals surface area (Å²) in [6.07, 6.45) is 0.806. The number of benzene rings is 2. The molecule has 0 fully saturated rings. The Morgan fingerprint density at radius 2 is 2.04 bits per heavy atom. The van der Waals surface area contributed by atoms with Crippen molar-refractivity contribution < 1.29 is 9.18 Å². The molecule has 0 unspecified atom stereocenters. The number of amides is 1. The monoisotopic (exact) mass is 420 g/mol. The van der Waals surface area contributed by atoms with Crippen molar-refractivity contribution in [3.05, 3.63) is 69.9 Å². The van der Waals surface area contributed by atoms with Gasteiger partial charge in [-0.2, -0.15) is 0 Å². The molecule has 0 aliphatic carbocycles. The molecular formula is C19H18BrFN2OS. The molecule has 0 radical (unpaired) electrons. The van der Waals surface area contributed by atoms with Gasteiger partial charge in [-0.25, -0.2) is 4.39 Å². The molecular weight excluding hydrogens is 403 g/mol. The summed E-state index contributed by atoms with van der Waals surface area (Å²) in [5, 5.41) is 3.77. The Labute approximate surface area is 159 Å². The van der Waals surface area contributed by atoms with Gasteiger partial charge in [0, 0.05) is 10.8 Å². The first-order valence-corrected chi connectivity index (χ1v) is 9.63. The van der Waals surface area contributed by atoms with Gasteiger partial charge in [0.2, 0.25) is 0 Å². The predicted molar refractivity (Wildman–Crippen MR) is 104 cm³/mol. The molecule has 0 bridgehead atoms. The number of halogens is 2. The van der Waals surface area contributed by atoms with Crippen LogP contribution >= 0.6 is 27.7 Å². The third-order valence-corrected chi connectivity index (χ3v) is 5.74. The summed E-state index contributed by atoms with van der Waals surface area (Å²) in [4.78, 5) is 17.2. The van der Waals surface area contributed by atoms with E-state index in [1.807, 2.05) is 25.1 Å². The predicted octanol–water partition coefficient (Wildman–Crippen LogP) is 5.11. The van der Waals surface area contributed by atoms with Crippen LogP contribution in [0.25, 0.3) is 0 Å². The van der Waals surface area contributed by atoms with Crippen LogP contribution in [0.2, 0.25) is 0 Å². The Morgan fingerprint density at radius 1 is 1.32 bits per heavy atom. The molecule has 2 atom stereocenters. The smallest absolute Gasteiger partial charge is 0.257 e. The van der Waals surface area contributed by atoms with Crippen molar-refractivity contribution in [3.63, 3.8) is 0 Å². The number of hydrogen-bond donors (Lipinski definition) is 1. The minimum absolute atomic E-state index is 0.177. The lowest BCUT2D eigenvalue weighted by atomic mass is 9.88. The Balaban J connectivity index is 1.89. The highest BCUT2D eigenvalue weighted by Gasteiger charge is 2.34. The first kappa shape index (κ1) is 18.1. The van der Waals surface area contributed by atoms with E-state index in [1.54, 1.807) is 36.0 Å². The van der Waals surface area contributed by atoms with Gasteiger partial charge in [-0.05, 0) is 59.1 Å². The molecule has 1 heterocycles. The van der Waals surface area contributed by atoms with Gasteiger partial charge in [0.05, 0.1) is 10.0 Å². The summed E-state index contributed by atoms with van der Waals surface area (Å²) in [5.74, 6) is -0.476. The van der Waals surface area contributed by atoms with Gasteiger partial charge < -0.3 is 5.32 Å². The topological polar surface area (TPSA) is 41.5 Å². The maximum atomic E-state index is 13.6. The van der Waals surface area contributed by atoms with Crippen LogP contribution in [-0.4, -0.2) is 16.3 Å². The van der Waals surface area contributed by atoms with Gasteiger partial charge in [0.15, 0.2) is 5.17 Å². The molecule has 2 aromatic rings. The molecule has 2 aromatic carbocycles. The lowest BCUT2D eigenvalue weighted by Gasteiger charge is -2.34. The fraction of sp³-hybridized carbons (Fsp3) is 0.263. The SMILES string of the molecule is C[C@@H]1C[C@@](C)(c2ccc(F)c(Br)c2)N=C(NC(=O)c2ccccc2)S1. The molecule has 25 heavy (non-hydrogen) atoms. The van der Waals surface area contributed by atoms with E-state index in [2.05, 4.69) is 28.2 Å². The van der Waals surface area contributed by atoms with Gasteiger partial charge >= 0.3 is 0 Å². The molecule has 1 aliphatic heterocycles. The summed E-state index contributed by atoms with van der Waals surface area (Å²) in [6, 6.07) is 14.0. The number of thioether (sulfide) groups is 1. The molecule has 0 saturated carbocycles. The van der Waals surface area contributed by atoms with Crippen molar-refractivity contribution in [2.24, 2.45) is 4.99 Å². The number of carbonyl (C=O) groups is 1. The van der Waals surface area contributed by atoms with Crippen molar-refractivity contribution in [2.45, 2.75) is 31.1 Å². The number of hydrogen-bond acceptors (Lipinski definition) is 3. The van der Waals surface area contributed by atoms with E-state index in [0.29, 0.717) is 15.2 Å². The average molecular weight is 421 g/mol. The van der Waals surface area contributed by atoms with Crippen LogP contribution in [-0.2, 0) is 5.54 Å². The quantitative estimate of drug-likeness (QED) is 0.732. The second kappa shape index (κ2) is 7.30. The first-order chi connectivity index (χ1) is 11.9. The normalized spacial score (nSPS) is 23.0. The molecule has 0 spiro atoms.